The number of hydrogen-bond donors (Lipinski definition) is 3. The molecule has 122 valence electrons. The quantitative estimate of drug-likeness (QED) is 0.714. The van der Waals surface area contributed by atoms with Gasteiger partial charge >= 0.3 is 0 Å². The molecule has 2 aromatic rings. The van der Waals surface area contributed by atoms with E-state index in [9.17, 15) is 15.3 Å². The second kappa shape index (κ2) is 7.67. The molecule has 0 saturated carbocycles. The third kappa shape index (κ3) is 3.83. The van der Waals surface area contributed by atoms with E-state index < -0.39 is 0 Å². The van der Waals surface area contributed by atoms with E-state index in [2.05, 4.69) is 0 Å². The molecule has 0 fully saturated rings. The summed E-state index contributed by atoms with van der Waals surface area (Å²) in [5.74, 6) is 1.20. The Labute approximate surface area is 135 Å². The van der Waals surface area contributed by atoms with Crippen molar-refractivity contribution in [2.75, 3.05) is 14.2 Å². The van der Waals surface area contributed by atoms with Crippen LogP contribution in [0.15, 0.2) is 30.3 Å². The van der Waals surface area contributed by atoms with Crippen LogP contribution in [0.25, 0.3) is 12.2 Å². The van der Waals surface area contributed by atoms with Gasteiger partial charge in [-0.1, -0.05) is 12.2 Å². The Balaban J connectivity index is 2.36. The first-order chi connectivity index (χ1) is 11.1. The molecule has 0 radical (unpaired) electrons. The molecular formula is C18H20O5. The molecule has 2 rings (SSSR count). The van der Waals surface area contributed by atoms with Crippen LogP contribution < -0.4 is 9.47 Å². The van der Waals surface area contributed by atoms with Crippen LogP contribution in [0.1, 0.15) is 22.3 Å². The van der Waals surface area contributed by atoms with Crippen molar-refractivity contribution < 1.29 is 24.8 Å². The fourth-order valence-electron chi connectivity index (χ4n) is 2.30. The van der Waals surface area contributed by atoms with Gasteiger partial charge in [-0.25, -0.2) is 0 Å². The van der Waals surface area contributed by atoms with Crippen LogP contribution in [0.2, 0.25) is 0 Å². The molecule has 0 spiro atoms. The number of phenols is 1. The molecule has 0 aromatic heterocycles. The fraction of sp³-hybridized carbons (Fsp3) is 0.222. The van der Waals surface area contributed by atoms with Crippen molar-refractivity contribution in [1.82, 2.24) is 0 Å². The van der Waals surface area contributed by atoms with Gasteiger partial charge in [-0.15, -0.1) is 0 Å². The first-order valence-corrected chi connectivity index (χ1v) is 7.09. The van der Waals surface area contributed by atoms with Crippen LogP contribution in [0.5, 0.6) is 17.2 Å². The van der Waals surface area contributed by atoms with E-state index >= 15 is 0 Å². The van der Waals surface area contributed by atoms with Crippen LogP contribution in [0.4, 0.5) is 0 Å². The van der Waals surface area contributed by atoms with Crippen molar-refractivity contribution in [2.24, 2.45) is 0 Å². The SMILES string of the molecule is COc1ccc(C=Cc2cc(CO)c(CO)c(OC)c2)c(O)c1. The zero-order chi connectivity index (χ0) is 16.8. The second-order valence-electron chi connectivity index (χ2n) is 4.94. The minimum absolute atomic E-state index is 0.113. The normalized spacial score (nSPS) is 11.0. The first-order valence-electron chi connectivity index (χ1n) is 7.09. The number of hydrogen-bond acceptors (Lipinski definition) is 5. The number of aromatic hydroxyl groups is 1. The zero-order valence-corrected chi connectivity index (χ0v) is 13.1. The molecule has 0 heterocycles. The van der Waals surface area contributed by atoms with Gasteiger partial charge < -0.3 is 24.8 Å². The van der Waals surface area contributed by atoms with Crippen LogP contribution in [0.3, 0.4) is 0 Å². The van der Waals surface area contributed by atoms with Crippen molar-refractivity contribution >= 4 is 12.2 Å². The van der Waals surface area contributed by atoms with E-state index in [0.717, 1.165) is 5.56 Å². The van der Waals surface area contributed by atoms with Gasteiger partial charge in [0, 0.05) is 17.2 Å². The Bertz CT molecular complexity index is 682. The molecule has 0 saturated heterocycles. The Hall–Kier alpha value is -2.50. The Morgan fingerprint density at radius 2 is 1.74 bits per heavy atom. The molecule has 0 bridgehead atoms. The molecule has 2 aromatic carbocycles. The number of aliphatic hydroxyl groups excluding tert-OH is 2. The fourth-order valence-corrected chi connectivity index (χ4v) is 2.30. The lowest BCUT2D eigenvalue weighted by Gasteiger charge is -2.12. The number of rotatable bonds is 6. The molecule has 0 aliphatic rings. The molecule has 0 unspecified atom stereocenters. The Morgan fingerprint density at radius 1 is 0.957 bits per heavy atom. The average molecular weight is 316 g/mol. The summed E-state index contributed by atoms with van der Waals surface area (Å²) in [7, 11) is 3.05. The van der Waals surface area contributed by atoms with Gasteiger partial charge in [0.1, 0.15) is 17.2 Å². The Kier molecular flexibility index (Phi) is 5.62. The number of methoxy groups -OCH3 is 2. The van der Waals surface area contributed by atoms with Gasteiger partial charge in [0.05, 0.1) is 27.4 Å². The molecule has 5 heteroatoms. The molecular weight excluding hydrogens is 296 g/mol. The largest absolute Gasteiger partial charge is 0.507 e. The van der Waals surface area contributed by atoms with Crippen molar-refractivity contribution in [1.29, 1.82) is 0 Å². The molecule has 0 atom stereocenters. The average Bonchev–Trinajstić information content (AvgIpc) is 2.59. The van der Waals surface area contributed by atoms with Crippen molar-refractivity contribution in [2.45, 2.75) is 13.2 Å². The predicted molar refractivity (Wildman–Crippen MR) is 88.4 cm³/mol. The topological polar surface area (TPSA) is 79.2 Å². The Morgan fingerprint density at radius 3 is 2.30 bits per heavy atom. The molecule has 0 amide bonds. The van der Waals surface area contributed by atoms with Gasteiger partial charge in [-0.2, -0.15) is 0 Å². The summed E-state index contributed by atoms with van der Waals surface area (Å²) in [5.41, 5.74) is 2.60. The maximum absolute atomic E-state index is 9.96. The summed E-state index contributed by atoms with van der Waals surface area (Å²) < 4.78 is 10.3. The maximum atomic E-state index is 9.96. The third-order valence-corrected chi connectivity index (χ3v) is 3.57. The molecule has 5 nitrogen and oxygen atoms in total. The van der Waals surface area contributed by atoms with E-state index in [0.29, 0.717) is 28.2 Å². The van der Waals surface area contributed by atoms with Crippen LogP contribution in [-0.2, 0) is 13.2 Å². The summed E-state index contributed by atoms with van der Waals surface area (Å²) in [6, 6.07) is 8.58. The van der Waals surface area contributed by atoms with E-state index in [1.165, 1.54) is 20.3 Å². The lowest BCUT2D eigenvalue weighted by atomic mass is 10.0. The molecule has 0 aliphatic heterocycles. The van der Waals surface area contributed by atoms with Crippen LogP contribution in [-0.4, -0.2) is 29.5 Å². The first kappa shape index (κ1) is 16.9. The highest BCUT2D eigenvalue weighted by Crippen LogP contribution is 2.28. The minimum atomic E-state index is -0.206. The van der Waals surface area contributed by atoms with E-state index in [-0.39, 0.29) is 19.0 Å². The summed E-state index contributed by atoms with van der Waals surface area (Å²) in [4.78, 5) is 0. The van der Waals surface area contributed by atoms with E-state index in [4.69, 9.17) is 9.47 Å². The van der Waals surface area contributed by atoms with Gasteiger partial charge in [0.2, 0.25) is 0 Å². The number of ether oxygens (including phenoxy) is 2. The highest BCUT2D eigenvalue weighted by molar-refractivity contribution is 5.74. The highest BCUT2D eigenvalue weighted by atomic mass is 16.5. The maximum Gasteiger partial charge on any atom is 0.126 e. The predicted octanol–water partition coefficient (Wildman–Crippen LogP) is 2.56. The summed E-state index contributed by atoms with van der Waals surface area (Å²) in [6.07, 6.45) is 3.55. The van der Waals surface area contributed by atoms with Crippen molar-refractivity contribution in [3.63, 3.8) is 0 Å². The number of phenolic OH excluding ortho intramolecular Hbond substituents is 1. The van der Waals surface area contributed by atoms with Gasteiger partial charge in [0.15, 0.2) is 0 Å². The van der Waals surface area contributed by atoms with Crippen molar-refractivity contribution in [3.05, 3.63) is 52.6 Å². The molecule has 23 heavy (non-hydrogen) atoms. The highest BCUT2D eigenvalue weighted by Gasteiger charge is 2.09. The second-order valence-corrected chi connectivity index (χ2v) is 4.94. The van der Waals surface area contributed by atoms with Crippen LogP contribution >= 0.6 is 0 Å². The molecule has 0 aliphatic carbocycles. The van der Waals surface area contributed by atoms with Crippen LogP contribution in [0, 0.1) is 0 Å². The monoisotopic (exact) mass is 316 g/mol. The lowest BCUT2D eigenvalue weighted by molar-refractivity contribution is 0.254. The lowest BCUT2D eigenvalue weighted by Crippen LogP contribution is -1.99. The van der Waals surface area contributed by atoms with Gasteiger partial charge in [0.25, 0.3) is 0 Å². The standard InChI is InChI=1S/C18H20O5/c1-22-15-6-5-13(17(21)9-15)4-3-12-7-14(10-19)16(11-20)18(8-12)23-2/h3-9,19-21H,10-11H2,1-2H3. The minimum Gasteiger partial charge on any atom is -0.507 e. The van der Waals surface area contributed by atoms with E-state index in [1.807, 2.05) is 0 Å². The molecule has 3 N–H and O–H groups in total. The van der Waals surface area contributed by atoms with Gasteiger partial charge in [-0.05, 0) is 35.4 Å². The van der Waals surface area contributed by atoms with Gasteiger partial charge in [-0.3, -0.25) is 0 Å². The number of benzene rings is 2. The summed E-state index contributed by atoms with van der Waals surface area (Å²) in [5, 5.41) is 28.8. The number of aliphatic hydroxyl groups is 2. The third-order valence-electron chi connectivity index (χ3n) is 3.57. The van der Waals surface area contributed by atoms with Crippen molar-refractivity contribution in [3.8, 4) is 17.2 Å². The zero-order valence-electron chi connectivity index (χ0n) is 13.1. The van der Waals surface area contributed by atoms with E-state index in [1.54, 1.807) is 36.4 Å². The summed E-state index contributed by atoms with van der Waals surface area (Å²) in [6.45, 7) is -0.399. The summed E-state index contributed by atoms with van der Waals surface area (Å²) >= 11 is 0. The smallest absolute Gasteiger partial charge is 0.126 e.